The third kappa shape index (κ3) is 20.5. The average Bonchev–Trinajstić information content (AvgIpc) is 1.60. The Hall–Kier alpha value is -12.2. The standard InChI is InChI=1S/C34H41FN2O7SSi.C27H25FN2O6S.C26H23FN2O6S/c1-9-42-33(39)24-12-10-11-23(19-24)26-20-27-29(44-31(30(27)32(38)36-5)22-13-15-25(35)16-14-22)21-28(26)37(45(6,40)41)17-18-43-46(7,8)34(2,3)4;1-16(32)18-5-4-6-19(13-18)21-14-22-24(15-23(21)30(11-12-31)37(3,34)35)36-26(25(22)27(33)29-2)17-7-9-20(28)10-8-17;1-4-34-26(31)17-7-5-6-16(12-17)19-13-20-22(14-21(19)29-36(3,32)33)35-24(23(20)25(30)28-2)15-8-10-18(27)11-9-15/h10-16,19-21H,9,17-18H2,1-8H3,(H,36,38);4-10,13-15,31H,11-12H2,1-3H3,(H,29,33);5-14,29H,4H2,1-3H3,(H,28,30). The molecule has 624 valence electrons. The summed E-state index contributed by atoms with van der Waals surface area (Å²) in [6.45, 7) is 15.2. The molecular weight excluding hydrogens is 1610 g/mol. The molecule has 5 N–H and O–H groups in total. The Bertz CT molecular complexity index is 6250. The highest BCUT2D eigenvalue weighted by atomic mass is 32.2. The zero-order valence-corrected chi connectivity index (χ0v) is 71.1. The lowest BCUT2D eigenvalue weighted by atomic mass is 9.96. The van der Waals surface area contributed by atoms with E-state index in [0.717, 1.165) is 23.1 Å². The van der Waals surface area contributed by atoms with E-state index in [1.165, 1.54) is 117 Å². The molecule has 0 unspecified atom stereocenters. The number of carbonyl (C=O) groups excluding carboxylic acids is 6. The summed E-state index contributed by atoms with van der Waals surface area (Å²) in [5, 5.41) is 18.6. The molecule has 3 amide bonds. The number of furan rings is 3. The van der Waals surface area contributed by atoms with Crippen LogP contribution in [-0.2, 0) is 44.0 Å². The number of sulfonamides is 3. The molecule has 119 heavy (non-hydrogen) atoms. The van der Waals surface area contributed by atoms with Crippen LogP contribution in [-0.4, -0.2) is 154 Å². The van der Waals surface area contributed by atoms with E-state index in [0.29, 0.717) is 71.8 Å². The van der Waals surface area contributed by atoms with E-state index in [-0.39, 0.29) is 123 Å². The minimum absolute atomic E-state index is 0.00917. The predicted octanol–water partition coefficient (Wildman–Crippen LogP) is 16.3. The van der Waals surface area contributed by atoms with Crippen LogP contribution in [0.5, 0.6) is 0 Å². The van der Waals surface area contributed by atoms with E-state index < -0.39 is 92.1 Å². The van der Waals surface area contributed by atoms with Gasteiger partial charge in [0.2, 0.25) is 30.1 Å². The van der Waals surface area contributed by atoms with Gasteiger partial charge in [-0.3, -0.25) is 32.5 Å². The van der Waals surface area contributed by atoms with Crippen molar-refractivity contribution in [2.75, 3.05) is 92.8 Å². The molecule has 0 aliphatic heterocycles. The van der Waals surface area contributed by atoms with Crippen molar-refractivity contribution in [2.45, 2.75) is 59.7 Å². The average molecular weight is 1700 g/mol. The van der Waals surface area contributed by atoms with Gasteiger partial charge in [0.15, 0.2) is 14.1 Å². The van der Waals surface area contributed by atoms with Crippen molar-refractivity contribution in [1.29, 1.82) is 0 Å². The first-order valence-corrected chi connectivity index (χ1v) is 45.7. The fourth-order valence-electron chi connectivity index (χ4n) is 12.9. The van der Waals surface area contributed by atoms with Gasteiger partial charge in [0.05, 0.1) is 103 Å². The molecule has 3 heterocycles. The van der Waals surface area contributed by atoms with E-state index in [1.54, 1.807) is 111 Å². The minimum Gasteiger partial charge on any atom is -0.462 e. The maximum Gasteiger partial charge on any atom is 0.338 e. The Kier molecular flexibility index (Phi) is 27.5. The maximum atomic E-state index is 13.8. The quantitative estimate of drug-likeness (QED) is 0.0191. The van der Waals surface area contributed by atoms with Crippen LogP contribution in [0, 0.1) is 17.5 Å². The van der Waals surface area contributed by atoms with Crippen LogP contribution in [0.1, 0.15) is 104 Å². The molecule has 0 aliphatic rings. The molecule has 0 atom stereocenters. The number of rotatable bonds is 26. The number of halogens is 3. The molecule has 3 aromatic heterocycles. The van der Waals surface area contributed by atoms with Crippen molar-refractivity contribution in [1.82, 2.24) is 16.0 Å². The number of hydrogen-bond donors (Lipinski definition) is 5. The molecule has 0 bridgehead atoms. The molecule has 25 nitrogen and oxygen atoms in total. The van der Waals surface area contributed by atoms with Crippen LogP contribution in [0.4, 0.5) is 30.2 Å². The van der Waals surface area contributed by atoms with Gasteiger partial charge in [-0.25, -0.2) is 48.0 Å². The number of aliphatic hydroxyl groups excluding tert-OH is 1. The topological polar surface area (TPSA) is 347 Å². The molecule has 0 aliphatic carbocycles. The van der Waals surface area contributed by atoms with Crippen LogP contribution < -0.4 is 29.3 Å². The van der Waals surface area contributed by atoms with Crippen LogP contribution in [0.15, 0.2) is 195 Å². The number of Topliss-reactive ketones (excluding diaryl/α,β-unsaturated/α-hetero) is 1. The van der Waals surface area contributed by atoms with Crippen LogP contribution in [0.2, 0.25) is 18.1 Å². The van der Waals surface area contributed by atoms with Gasteiger partial charge in [-0.1, -0.05) is 63.2 Å². The second-order valence-corrected chi connectivity index (χ2v) is 39.3. The number of nitrogens with zero attached hydrogens (tertiary/aromatic N) is 2. The number of benzene rings is 9. The van der Waals surface area contributed by atoms with Gasteiger partial charge in [-0.2, -0.15) is 0 Å². The summed E-state index contributed by atoms with van der Waals surface area (Å²) >= 11 is 0. The fourth-order valence-corrected chi connectivity index (χ4v) is 16.3. The summed E-state index contributed by atoms with van der Waals surface area (Å²) in [6, 6.07) is 45.8. The van der Waals surface area contributed by atoms with Gasteiger partial charge >= 0.3 is 11.9 Å². The van der Waals surface area contributed by atoms with Crippen LogP contribution >= 0.6 is 0 Å². The highest BCUT2D eigenvalue weighted by Gasteiger charge is 2.38. The first-order chi connectivity index (χ1) is 56.1. The molecule has 0 fully saturated rings. The lowest BCUT2D eigenvalue weighted by molar-refractivity contribution is 0.0517. The SMILES string of the molecule is CCOC(=O)c1cccc(-c2cc3c(C(=O)NC)c(-c4ccc(F)cc4)oc3cc2N(CCO[Si](C)(C)C(C)(C)C)S(C)(=O)=O)c1.CCOC(=O)c1cccc(-c2cc3c(C(=O)NC)c(-c4ccc(F)cc4)oc3cc2NS(C)(=O)=O)c1.CNC(=O)c1c(-c2ccc(F)cc2)oc2cc(N(CCO)S(C)(=O)=O)c(-c3cccc(C(C)=O)c3)cc12. The number of hydrogen-bond acceptors (Lipinski definition) is 19. The second-order valence-electron chi connectivity index (χ2n) is 28.9. The number of ketones is 1. The molecule has 0 spiro atoms. The summed E-state index contributed by atoms with van der Waals surface area (Å²) in [5.74, 6) is -3.33. The van der Waals surface area contributed by atoms with E-state index in [4.69, 9.17) is 27.2 Å². The molecule has 9 aromatic carbocycles. The smallest absolute Gasteiger partial charge is 0.338 e. The molecule has 12 aromatic rings. The first-order valence-electron chi connectivity index (χ1n) is 37.2. The fraction of sp³-hybridized carbons (Fsp3) is 0.241. The number of aliphatic hydroxyl groups is 1. The Morgan fingerprint density at radius 2 is 0.798 bits per heavy atom. The third-order valence-corrected chi connectivity index (χ3v) is 27.1. The molecule has 0 radical (unpaired) electrons. The van der Waals surface area contributed by atoms with E-state index in [2.05, 4.69) is 54.5 Å². The highest BCUT2D eigenvalue weighted by Crippen LogP contribution is 2.46. The summed E-state index contributed by atoms with van der Waals surface area (Å²) in [5.41, 5.74) is 7.15. The van der Waals surface area contributed by atoms with Crippen molar-refractivity contribution in [2.24, 2.45) is 0 Å². The minimum atomic E-state index is -3.87. The van der Waals surface area contributed by atoms with Crippen molar-refractivity contribution in [3.8, 4) is 67.4 Å². The van der Waals surface area contributed by atoms with Gasteiger partial charge in [-0.15, -0.1) is 0 Å². The van der Waals surface area contributed by atoms with Gasteiger partial charge in [0.25, 0.3) is 17.7 Å². The normalized spacial score (nSPS) is 11.7. The van der Waals surface area contributed by atoms with Crippen molar-refractivity contribution in [3.05, 3.63) is 233 Å². The summed E-state index contributed by atoms with van der Waals surface area (Å²) < 4.78 is 157. The molecule has 32 heteroatoms. The number of ether oxygens (including phenoxy) is 2. The maximum absolute atomic E-state index is 13.8. The number of amides is 3. The summed E-state index contributed by atoms with van der Waals surface area (Å²) in [4.78, 5) is 76.2. The zero-order chi connectivity index (χ0) is 87.0. The number of esters is 2. The largest absolute Gasteiger partial charge is 0.462 e. The van der Waals surface area contributed by atoms with E-state index in [1.807, 2.05) is 0 Å². The van der Waals surface area contributed by atoms with Gasteiger partial charge in [0, 0.05) is 94.4 Å². The first kappa shape index (κ1) is 89.1. The molecule has 12 rings (SSSR count). The Morgan fingerprint density at radius 1 is 0.462 bits per heavy atom. The van der Waals surface area contributed by atoms with Gasteiger partial charge in [-0.05, 0) is 177 Å². The van der Waals surface area contributed by atoms with Crippen LogP contribution in [0.25, 0.3) is 100 Å². The van der Waals surface area contributed by atoms with Crippen LogP contribution in [0.3, 0.4) is 0 Å². The molecule has 0 saturated carbocycles. The molecular formula is C87H89F3N6O19S3Si. The number of nitrogens with one attached hydrogen (secondary N) is 4. The predicted molar refractivity (Wildman–Crippen MR) is 456 cm³/mol. The Balaban J connectivity index is 0.000000190. The van der Waals surface area contributed by atoms with E-state index >= 15 is 0 Å². The van der Waals surface area contributed by atoms with E-state index in [9.17, 15) is 72.3 Å². The highest BCUT2D eigenvalue weighted by molar-refractivity contribution is 7.92. The zero-order valence-electron chi connectivity index (χ0n) is 67.6. The Labute approximate surface area is 687 Å². The van der Waals surface area contributed by atoms with Gasteiger partial charge in [0.1, 0.15) is 51.5 Å². The number of carbonyl (C=O) groups is 6. The second kappa shape index (κ2) is 36.8. The monoisotopic (exact) mass is 1700 g/mol. The lowest BCUT2D eigenvalue weighted by Crippen LogP contribution is -2.43. The number of anilines is 3. The van der Waals surface area contributed by atoms with Crippen molar-refractivity contribution < 1.29 is 99.4 Å². The number of fused-ring (bicyclic) bond motifs is 3. The van der Waals surface area contributed by atoms with Crippen molar-refractivity contribution in [3.63, 3.8) is 0 Å². The summed E-state index contributed by atoms with van der Waals surface area (Å²) in [6.07, 6.45) is 3.15. The molecule has 0 saturated heterocycles. The summed E-state index contributed by atoms with van der Waals surface area (Å²) in [7, 11) is -9.19. The van der Waals surface area contributed by atoms with Gasteiger partial charge < -0.3 is 48.2 Å². The lowest BCUT2D eigenvalue weighted by Gasteiger charge is -2.37. The van der Waals surface area contributed by atoms with Crippen molar-refractivity contribution >= 4 is 124 Å². The Morgan fingerprint density at radius 3 is 1.13 bits per heavy atom. The third-order valence-electron chi connectivity index (χ3n) is 19.6.